The average molecular weight is 374 g/mol. The molecular weight excluding hydrogens is 349 g/mol. The van der Waals surface area contributed by atoms with Crippen molar-refractivity contribution in [3.05, 3.63) is 29.3 Å². The third-order valence-electron chi connectivity index (χ3n) is 5.14. The van der Waals surface area contributed by atoms with E-state index in [9.17, 15) is 13.2 Å². The summed E-state index contributed by atoms with van der Waals surface area (Å²) in [6.45, 7) is 2.01. The number of fused-ring (bicyclic) bond motifs is 1. The van der Waals surface area contributed by atoms with Crippen LogP contribution in [0.25, 0.3) is 10.9 Å². The Bertz CT molecular complexity index is 915. The van der Waals surface area contributed by atoms with Gasteiger partial charge in [-0.3, -0.25) is 4.79 Å². The predicted octanol–water partition coefficient (Wildman–Crippen LogP) is 2.13. The van der Waals surface area contributed by atoms with Crippen molar-refractivity contribution >= 4 is 39.9 Å². The fourth-order valence-electron chi connectivity index (χ4n) is 3.71. The number of hydrogen-bond donors (Lipinski definition) is 2. The van der Waals surface area contributed by atoms with Crippen LogP contribution in [0.5, 0.6) is 0 Å². The molecule has 0 unspecified atom stereocenters. The van der Waals surface area contributed by atoms with Crippen molar-refractivity contribution in [3.63, 3.8) is 0 Å². The second kappa shape index (κ2) is 7.44. The van der Waals surface area contributed by atoms with Crippen molar-refractivity contribution < 1.29 is 13.2 Å². The van der Waals surface area contributed by atoms with E-state index in [0.717, 1.165) is 20.8 Å². The highest BCUT2D eigenvalue weighted by molar-refractivity contribution is 7.87. The molecule has 3 rings (SSSR count). The van der Waals surface area contributed by atoms with Crippen LogP contribution in [0.1, 0.15) is 53.9 Å². The maximum absolute atomic E-state index is 12.3. The molecule has 0 aliphatic heterocycles. The Labute approximate surface area is 155 Å². The first-order valence-corrected chi connectivity index (χ1v) is 10.5. The van der Waals surface area contributed by atoms with Gasteiger partial charge in [0.1, 0.15) is 0 Å². The lowest BCUT2D eigenvalue weighted by atomic mass is 9.71. The molecule has 1 aromatic carbocycles. The Hall–Kier alpha value is -1.80. The summed E-state index contributed by atoms with van der Waals surface area (Å²) in [5.74, 6) is -0.0889. The third-order valence-corrected chi connectivity index (χ3v) is 6.54. The standard InChI is InChI=1S/C18H25BN3O3S/c1-19-17-16(12-7-5-4-6-8-12)14-10-9-13(11-15(14)20-17)18(23)21-26(24,25)22(2)3/h9-12,20H,4-8H2,1-3H3,(H,21,23). The molecule has 6 nitrogen and oxygen atoms in total. The Morgan fingerprint density at radius 1 is 1.23 bits per heavy atom. The zero-order valence-corrected chi connectivity index (χ0v) is 16.3. The van der Waals surface area contributed by atoms with E-state index in [-0.39, 0.29) is 0 Å². The normalized spacial score (nSPS) is 16.2. The number of benzene rings is 1. The second-order valence-electron chi connectivity index (χ2n) is 7.05. The van der Waals surface area contributed by atoms with E-state index in [0.29, 0.717) is 11.5 Å². The molecule has 8 heteroatoms. The van der Waals surface area contributed by atoms with E-state index < -0.39 is 16.1 Å². The van der Waals surface area contributed by atoms with Crippen LogP contribution in [0.4, 0.5) is 0 Å². The van der Waals surface area contributed by atoms with Crippen LogP contribution in [0.15, 0.2) is 18.2 Å². The quantitative estimate of drug-likeness (QED) is 0.787. The van der Waals surface area contributed by atoms with Crippen LogP contribution >= 0.6 is 0 Å². The number of nitrogens with one attached hydrogen (secondary N) is 2. The predicted molar refractivity (Wildman–Crippen MR) is 105 cm³/mol. The summed E-state index contributed by atoms with van der Waals surface area (Å²) in [6, 6.07) is 5.36. The van der Waals surface area contributed by atoms with Gasteiger partial charge in [0.15, 0.2) is 7.28 Å². The lowest BCUT2D eigenvalue weighted by Crippen LogP contribution is -2.39. The molecule has 1 aliphatic carbocycles. The number of rotatable bonds is 5. The van der Waals surface area contributed by atoms with Crippen molar-refractivity contribution in [1.29, 1.82) is 0 Å². The van der Waals surface area contributed by atoms with Gasteiger partial charge in [-0.15, -0.1) is 0 Å². The molecule has 1 heterocycles. The highest BCUT2D eigenvalue weighted by Crippen LogP contribution is 2.35. The van der Waals surface area contributed by atoms with Gasteiger partial charge in [-0.25, -0.2) is 4.72 Å². The molecule has 0 saturated heterocycles. The smallest absolute Gasteiger partial charge is 0.303 e. The maximum Gasteiger partial charge on any atom is 0.303 e. The van der Waals surface area contributed by atoms with E-state index >= 15 is 0 Å². The highest BCUT2D eigenvalue weighted by atomic mass is 32.2. The van der Waals surface area contributed by atoms with Crippen LogP contribution in [0.3, 0.4) is 0 Å². The van der Waals surface area contributed by atoms with E-state index in [1.807, 2.05) is 12.9 Å². The summed E-state index contributed by atoms with van der Waals surface area (Å²) >= 11 is 0. The minimum Gasteiger partial charge on any atom is -0.367 e. The van der Waals surface area contributed by atoms with E-state index in [2.05, 4.69) is 17.0 Å². The minimum atomic E-state index is -3.81. The van der Waals surface area contributed by atoms with Crippen molar-refractivity contribution in [1.82, 2.24) is 14.0 Å². The highest BCUT2D eigenvalue weighted by Gasteiger charge is 2.23. The molecule has 1 radical (unpaired) electrons. The van der Waals surface area contributed by atoms with E-state index in [1.54, 1.807) is 12.1 Å². The Kier molecular flexibility index (Phi) is 5.43. The summed E-state index contributed by atoms with van der Waals surface area (Å²) in [6.07, 6.45) is 6.19. The Morgan fingerprint density at radius 2 is 1.92 bits per heavy atom. The summed E-state index contributed by atoms with van der Waals surface area (Å²) in [5, 5.41) is 1.12. The van der Waals surface area contributed by atoms with Gasteiger partial charge in [0.05, 0.1) is 0 Å². The second-order valence-corrected chi connectivity index (χ2v) is 8.94. The largest absolute Gasteiger partial charge is 0.367 e. The molecule has 1 aromatic heterocycles. The van der Waals surface area contributed by atoms with Gasteiger partial charge in [0.25, 0.3) is 5.91 Å². The lowest BCUT2D eigenvalue weighted by Gasteiger charge is -2.22. The lowest BCUT2D eigenvalue weighted by molar-refractivity contribution is 0.0980. The molecule has 1 amide bonds. The number of nitrogens with zero attached hydrogens (tertiary/aromatic N) is 1. The molecule has 1 saturated carbocycles. The average Bonchev–Trinajstić information content (AvgIpc) is 2.99. The zero-order chi connectivity index (χ0) is 18.9. The van der Waals surface area contributed by atoms with Crippen molar-refractivity contribution in [3.8, 4) is 0 Å². The molecule has 26 heavy (non-hydrogen) atoms. The number of aromatic amines is 1. The van der Waals surface area contributed by atoms with Crippen LogP contribution in [-0.4, -0.2) is 45.0 Å². The van der Waals surface area contributed by atoms with Gasteiger partial charge >= 0.3 is 10.2 Å². The minimum absolute atomic E-state index is 0.321. The number of amides is 1. The van der Waals surface area contributed by atoms with Gasteiger partial charge in [-0.05, 0) is 42.0 Å². The fraction of sp³-hybridized carbons (Fsp3) is 0.500. The molecule has 1 aliphatic rings. The van der Waals surface area contributed by atoms with Gasteiger partial charge < -0.3 is 4.98 Å². The SMILES string of the molecule is C[B]c1[nH]c2cc(C(=O)NS(=O)(=O)N(C)C)ccc2c1C1CCCCC1. The zero-order valence-electron chi connectivity index (χ0n) is 15.5. The van der Waals surface area contributed by atoms with Crippen molar-refractivity contribution in [2.45, 2.75) is 44.8 Å². The Morgan fingerprint density at radius 3 is 2.54 bits per heavy atom. The van der Waals surface area contributed by atoms with Crippen molar-refractivity contribution in [2.24, 2.45) is 0 Å². The van der Waals surface area contributed by atoms with Crippen LogP contribution in [-0.2, 0) is 10.2 Å². The first kappa shape index (κ1) is 19.0. The molecule has 0 atom stereocenters. The van der Waals surface area contributed by atoms with Gasteiger partial charge in [0, 0.05) is 30.6 Å². The van der Waals surface area contributed by atoms with Crippen LogP contribution in [0.2, 0.25) is 6.82 Å². The number of carbonyl (C=O) groups excluding carboxylic acids is 1. The maximum atomic E-state index is 12.3. The van der Waals surface area contributed by atoms with E-state index in [4.69, 9.17) is 0 Å². The van der Waals surface area contributed by atoms with Gasteiger partial charge in [-0.2, -0.15) is 12.7 Å². The fourth-order valence-corrected chi connectivity index (χ4v) is 4.24. The summed E-state index contributed by atoms with van der Waals surface area (Å²) in [4.78, 5) is 15.7. The van der Waals surface area contributed by atoms with Gasteiger partial charge in [0.2, 0.25) is 0 Å². The number of H-pyrrole nitrogens is 1. The van der Waals surface area contributed by atoms with E-state index in [1.165, 1.54) is 51.8 Å². The molecule has 2 N–H and O–H groups in total. The van der Waals surface area contributed by atoms with Gasteiger partial charge in [-0.1, -0.05) is 32.2 Å². The molecule has 0 spiro atoms. The first-order chi connectivity index (χ1) is 12.3. The van der Waals surface area contributed by atoms with Crippen LogP contribution < -0.4 is 10.3 Å². The number of carbonyl (C=O) groups is 1. The Balaban J connectivity index is 1.96. The molecule has 2 aromatic rings. The van der Waals surface area contributed by atoms with Crippen LogP contribution in [0, 0.1) is 0 Å². The molecule has 0 bridgehead atoms. The monoisotopic (exact) mass is 374 g/mol. The molecule has 139 valence electrons. The summed E-state index contributed by atoms with van der Waals surface area (Å²) < 4.78 is 26.8. The topological polar surface area (TPSA) is 82.3 Å². The van der Waals surface area contributed by atoms with Crippen molar-refractivity contribution in [2.75, 3.05) is 14.1 Å². The summed E-state index contributed by atoms with van der Waals surface area (Å²) in [7, 11) is 1.02. The number of hydrogen-bond acceptors (Lipinski definition) is 3. The first-order valence-electron chi connectivity index (χ1n) is 9.03. The summed E-state index contributed by atoms with van der Waals surface area (Å²) in [5.41, 5.74) is 3.62. The number of aromatic nitrogens is 1. The molecular formula is C18H25BN3O3S. The third kappa shape index (κ3) is 3.66. The molecule has 1 fully saturated rings.